The number of rotatable bonds is 2. The molecule has 0 aliphatic carbocycles. The molecule has 0 radical (unpaired) electrons. The Morgan fingerprint density at radius 3 is 2.93 bits per heavy atom. The fourth-order valence-corrected chi connectivity index (χ4v) is 2.45. The Morgan fingerprint density at radius 1 is 1.53 bits per heavy atom. The summed E-state index contributed by atoms with van der Waals surface area (Å²) in [5.41, 5.74) is 0.591. The molecule has 1 aliphatic rings. The van der Waals surface area contributed by atoms with Crippen molar-refractivity contribution < 1.29 is 14.7 Å². The molecule has 15 heavy (non-hydrogen) atoms. The van der Waals surface area contributed by atoms with Crippen molar-refractivity contribution in [1.82, 2.24) is 4.90 Å². The Kier molecular flexibility index (Phi) is 2.73. The number of hydrogen-bond donors (Lipinski definition) is 1. The van der Waals surface area contributed by atoms with Gasteiger partial charge in [-0.05, 0) is 24.3 Å². The first-order valence-electron chi connectivity index (χ1n) is 4.76. The molecule has 0 aromatic carbocycles. The fraction of sp³-hybridized carbons (Fsp3) is 0.400. The van der Waals surface area contributed by atoms with Crippen LogP contribution in [0.3, 0.4) is 0 Å². The summed E-state index contributed by atoms with van der Waals surface area (Å²) in [5, 5.41) is 12.5. The standard InChI is InChI=1S/C10H11NO3S/c12-9(7-3-5-15-6-7)11-4-1-2-8(11)10(13)14/h3,5-6,8H,1-2,4H2,(H,13,14)/t8-/m0/s1. The van der Waals surface area contributed by atoms with Crippen LogP contribution in [0.4, 0.5) is 0 Å². The molecule has 1 fully saturated rings. The summed E-state index contributed by atoms with van der Waals surface area (Å²) in [4.78, 5) is 24.2. The molecule has 2 heterocycles. The molecule has 1 N–H and O–H groups in total. The van der Waals surface area contributed by atoms with Gasteiger partial charge in [0.05, 0.1) is 5.56 Å². The number of nitrogens with zero attached hydrogens (tertiary/aromatic N) is 1. The summed E-state index contributed by atoms with van der Waals surface area (Å²) in [5.74, 6) is -1.07. The van der Waals surface area contributed by atoms with Crippen molar-refractivity contribution in [3.8, 4) is 0 Å². The van der Waals surface area contributed by atoms with E-state index in [1.165, 1.54) is 16.2 Å². The molecule has 1 aromatic rings. The highest BCUT2D eigenvalue weighted by Gasteiger charge is 2.34. The highest BCUT2D eigenvalue weighted by Crippen LogP contribution is 2.21. The minimum absolute atomic E-state index is 0.166. The van der Waals surface area contributed by atoms with E-state index in [0.29, 0.717) is 18.5 Å². The average molecular weight is 225 g/mol. The third-order valence-electron chi connectivity index (χ3n) is 2.57. The third-order valence-corrected chi connectivity index (χ3v) is 3.25. The Hall–Kier alpha value is -1.36. The first-order chi connectivity index (χ1) is 7.20. The van der Waals surface area contributed by atoms with Crippen LogP contribution in [-0.2, 0) is 4.79 Å². The molecule has 1 aromatic heterocycles. The van der Waals surface area contributed by atoms with E-state index in [9.17, 15) is 9.59 Å². The topological polar surface area (TPSA) is 57.6 Å². The lowest BCUT2D eigenvalue weighted by Crippen LogP contribution is -2.40. The Bertz CT molecular complexity index is 374. The minimum atomic E-state index is -0.906. The highest BCUT2D eigenvalue weighted by molar-refractivity contribution is 7.08. The van der Waals surface area contributed by atoms with Gasteiger partial charge in [0.15, 0.2) is 0 Å². The van der Waals surface area contributed by atoms with Crippen molar-refractivity contribution in [2.24, 2.45) is 0 Å². The summed E-state index contributed by atoms with van der Waals surface area (Å²) >= 11 is 1.44. The fourth-order valence-electron chi connectivity index (χ4n) is 1.82. The molecule has 80 valence electrons. The van der Waals surface area contributed by atoms with Gasteiger partial charge >= 0.3 is 5.97 Å². The summed E-state index contributed by atoms with van der Waals surface area (Å²) in [6.45, 7) is 0.547. The summed E-state index contributed by atoms with van der Waals surface area (Å²) in [6.07, 6.45) is 1.33. The molecule has 4 nitrogen and oxygen atoms in total. The molecular weight excluding hydrogens is 214 g/mol. The number of thiophene rings is 1. The van der Waals surface area contributed by atoms with Crippen LogP contribution in [0.15, 0.2) is 16.8 Å². The number of hydrogen-bond acceptors (Lipinski definition) is 3. The van der Waals surface area contributed by atoms with Gasteiger partial charge in [-0.15, -0.1) is 0 Å². The number of carboxylic acid groups (broad SMARTS) is 1. The van der Waals surface area contributed by atoms with Crippen LogP contribution in [-0.4, -0.2) is 34.5 Å². The number of carbonyl (C=O) groups excluding carboxylic acids is 1. The van der Waals surface area contributed by atoms with Crippen molar-refractivity contribution in [1.29, 1.82) is 0 Å². The second-order valence-electron chi connectivity index (χ2n) is 3.51. The monoisotopic (exact) mass is 225 g/mol. The van der Waals surface area contributed by atoms with Crippen molar-refractivity contribution in [3.63, 3.8) is 0 Å². The van der Waals surface area contributed by atoms with Gasteiger partial charge in [0.2, 0.25) is 0 Å². The third kappa shape index (κ3) is 1.87. The van der Waals surface area contributed by atoms with E-state index < -0.39 is 12.0 Å². The van der Waals surface area contributed by atoms with Gasteiger partial charge in [0, 0.05) is 11.9 Å². The van der Waals surface area contributed by atoms with E-state index in [-0.39, 0.29) is 5.91 Å². The van der Waals surface area contributed by atoms with Crippen LogP contribution in [0.5, 0.6) is 0 Å². The summed E-state index contributed by atoms with van der Waals surface area (Å²) in [6, 6.07) is 1.09. The number of aliphatic carboxylic acids is 1. The van der Waals surface area contributed by atoms with Gasteiger partial charge in [-0.2, -0.15) is 11.3 Å². The van der Waals surface area contributed by atoms with E-state index in [2.05, 4.69) is 0 Å². The van der Waals surface area contributed by atoms with Crippen LogP contribution in [0, 0.1) is 0 Å². The summed E-state index contributed by atoms with van der Waals surface area (Å²) in [7, 11) is 0. The first kappa shape index (κ1) is 10.2. The largest absolute Gasteiger partial charge is 0.480 e. The van der Waals surface area contributed by atoms with Crippen LogP contribution >= 0.6 is 11.3 Å². The zero-order valence-corrected chi connectivity index (χ0v) is 8.87. The zero-order valence-electron chi connectivity index (χ0n) is 8.05. The SMILES string of the molecule is O=C(O)[C@@H]1CCCN1C(=O)c1ccsc1. The number of likely N-dealkylation sites (tertiary alicyclic amines) is 1. The number of carbonyl (C=O) groups is 2. The molecule has 1 amide bonds. The van der Waals surface area contributed by atoms with Crippen molar-refractivity contribution in [3.05, 3.63) is 22.4 Å². The van der Waals surface area contributed by atoms with Crippen LogP contribution in [0.2, 0.25) is 0 Å². The van der Waals surface area contributed by atoms with Crippen LogP contribution in [0.25, 0.3) is 0 Å². The molecule has 5 heteroatoms. The van der Waals surface area contributed by atoms with Gasteiger partial charge in [-0.25, -0.2) is 4.79 Å². The van der Waals surface area contributed by atoms with Gasteiger partial charge in [-0.1, -0.05) is 0 Å². The maximum absolute atomic E-state index is 11.9. The maximum atomic E-state index is 11.9. The number of carboxylic acids is 1. The molecule has 0 spiro atoms. The molecule has 0 bridgehead atoms. The van der Waals surface area contributed by atoms with Gasteiger partial charge < -0.3 is 10.0 Å². The Labute approximate surface area is 91.1 Å². The van der Waals surface area contributed by atoms with E-state index >= 15 is 0 Å². The lowest BCUT2D eigenvalue weighted by molar-refractivity contribution is -0.141. The molecular formula is C10H11NO3S. The van der Waals surface area contributed by atoms with Crippen molar-refractivity contribution in [2.75, 3.05) is 6.54 Å². The smallest absolute Gasteiger partial charge is 0.326 e. The second kappa shape index (κ2) is 4.02. The second-order valence-corrected chi connectivity index (χ2v) is 4.29. The molecule has 0 saturated carbocycles. The quantitative estimate of drug-likeness (QED) is 0.828. The zero-order chi connectivity index (χ0) is 10.8. The first-order valence-corrected chi connectivity index (χ1v) is 5.70. The molecule has 2 rings (SSSR count). The summed E-state index contributed by atoms with van der Waals surface area (Å²) < 4.78 is 0. The van der Waals surface area contributed by atoms with Gasteiger partial charge in [0.25, 0.3) is 5.91 Å². The van der Waals surface area contributed by atoms with Gasteiger partial charge in [0.1, 0.15) is 6.04 Å². The maximum Gasteiger partial charge on any atom is 0.326 e. The van der Waals surface area contributed by atoms with Crippen molar-refractivity contribution >= 4 is 23.2 Å². The average Bonchev–Trinajstić information content (AvgIpc) is 2.88. The van der Waals surface area contributed by atoms with E-state index in [1.807, 2.05) is 5.38 Å². The Balaban J connectivity index is 2.17. The minimum Gasteiger partial charge on any atom is -0.480 e. The lowest BCUT2D eigenvalue weighted by atomic mass is 10.2. The van der Waals surface area contributed by atoms with Gasteiger partial charge in [-0.3, -0.25) is 4.79 Å². The normalized spacial score (nSPS) is 20.5. The highest BCUT2D eigenvalue weighted by atomic mass is 32.1. The van der Waals surface area contributed by atoms with E-state index in [4.69, 9.17) is 5.11 Å². The van der Waals surface area contributed by atoms with Crippen LogP contribution in [0.1, 0.15) is 23.2 Å². The number of amides is 1. The van der Waals surface area contributed by atoms with E-state index in [0.717, 1.165) is 6.42 Å². The predicted molar refractivity (Wildman–Crippen MR) is 56.0 cm³/mol. The van der Waals surface area contributed by atoms with Crippen molar-refractivity contribution in [2.45, 2.75) is 18.9 Å². The molecule has 0 unspecified atom stereocenters. The van der Waals surface area contributed by atoms with Crippen LogP contribution < -0.4 is 0 Å². The lowest BCUT2D eigenvalue weighted by Gasteiger charge is -2.20. The molecule has 1 atom stereocenters. The predicted octanol–water partition coefficient (Wildman–Crippen LogP) is 1.44. The Morgan fingerprint density at radius 2 is 2.33 bits per heavy atom. The molecule has 1 aliphatic heterocycles. The van der Waals surface area contributed by atoms with E-state index in [1.54, 1.807) is 11.4 Å². The molecule has 1 saturated heterocycles.